The largest absolute Gasteiger partial charge is 0.393 e. The molecular weight excluding hydrogens is 254 g/mol. The van der Waals surface area contributed by atoms with Gasteiger partial charge in [-0.25, -0.2) is 13.1 Å². The second-order valence-corrected chi connectivity index (χ2v) is 6.55. The summed E-state index contributed by atoms with van der Waals surface area (Å²) < 4.78 is 27.2. The van der Waals surface area contributed by atoms with Gasteiger partial charge in [-0.2, -0.15) is 5.10 Å². The Morgan fingerprint density at radius 2 is 2.11 bits per heavy atom. The van der Waals surface area contributed by atoms with Gasteiger partial charge in [0.2, 0.25) is 10.0 Å². The molecule has 0 aliphatic heterocycles. The van der Waals surface area contributed by atoms with Crippen LogP contribution in [0.25, 0.3) is 0 Å². The van der Waals surface area contributed by atoms with Gasteiger partial charge in [-0.15, -0.1) is 0 Å². The summed E-state index contributed by atoms with van der Waals surface area (Å²) in [6.45, 7) is 3.35. The van der Waals surface area contributed by atoms with Gasteiger partial charge in [0.25, 0.3) is 0 Å². The van der Waals surface area contributed by atoms with Crippen molar-refractivity contribution in [2.75, 3.05) is 0 Å². The van der Waals surface area contributed by atoms with Crippen LogP contribution in [0.1, 0.15) is 37.1 Å². The number of nitrogens with one attached hydrogen (secondary N) is 2. The molecule has 1 fully saturated rings. The average Bonchev–Trinajstić information content (AvgIpc) is 2.58. The molecule has 0 radical (unpaired) electrons. The molecule has 6 nitrogen and oxygen atoms in total. The Morgan fingerprint density at radius 1 is 1.39 bits per heavy atom. The highest BCUT2D eigenvalue weighted by molar-refractivity contribution is 7.89. The molecule has 0 amide bonds. The summed E-state index contributed by atoms with van der Waals surface area (Å²) in [4.78, 5) is 0.225. The first kappa shape index (κ1) is 13.5. The lowest BCUT2D eigenvalue weighted by Gasteiger charge is -2.26. The fraction of sp³-hybridized carbons (Fsp3) is 0.727. The number of H-pyrrole nitrogens is 1. The number of rotatable bonds is 3. The van der Waals surface area contributed by atoms with E-state index in [1.807, 2.05) is 0 Å². The minimum absolute atomic E-state index is 0.188. The van der Waals surface area contributed by atoms with E-state index >= 15 is 0 Å². The Labute approximate surface area is 107 Å². The SMILES string of the molecule is Cc1n[nH]c(C)c1S(=O)(=O)NC1CCCC(O)C1. The first-order valence-corrected chi connectivity index (χ1v) is 7.60. The topological polar surface area (TPSA) is 95.1 Å². The van der Waals surface area contributed by atoms with E-state index in [0.717, 1.165) is 19.3 Å². The van der Waals surface area contributed by atoms with E-state index in [-0.39, 0.29) is 10.9 Å². The number of aryl methyl sites for hydroxylation is 2. The molecule has 2 rings (SSSR count). The summed E-state index contributed by atoms with van der Waals surface area (Å²) in [7, 11) is -3.56. The van der Waals surface area contributed by atoms with Gasteiger partial charge in [-0.05, 0) is 39.5 Å². The molecule has 1 heterocycles. The van der Waals surface area contributed by atoms with E-state index in [2.05, 4.69) is 14.9 Å². The van der Waals surface area contributed by atoms with Crippen LogP contribution in [0, 0.1) is 13.8 Å². The van der Waals surface area contributed by atoms with E-state index in [1.54, 1.807) is 13.8 Å². The molecule has 0 bridgehead atoms. The number of aliphatic hydroxyl groups is 1. The van der Waals surface area contributed by atoms with Crippen LogP contribution in [0.5, 0.6) is 0 Å². The van der Waals surface area contributed by atoms with Crippen molar-refractivity contribution in [2.24, 2.45) is 0 Å². The van der Waals surface area contributed by atoms with Gasteiger partial charge in [0, 0.05) is 6.04 Å². The molecule has 0 spiro atoms. The maximum Gasteiger partial charge on any atom is 0.244 e. The number of nitrogens with zero attached hydrogens (tertiary/aromatic N) is 1. The highest BCUT2D eigenvalue weighted by atomic mass is 32.2. The lowest BCUT2D eigenvalue weighted by Crippen LogP contribution is -2.40. The van der Waals surface area contributed by atoms with Crippen LogP contribution in [0.4, 0.5) is 0 Å². The number of aromatic amines is 1. The fourth-order valence-electron chi connectivity index (χ4n) is 2.49. The lowest BCUT2D eigenvalue weighted by molar-refractivity contribution is 0.117. The van der Waals surface area contributed by atoms with Crippen molar-refractivity contribution < 1.29 is 13.5 Å². The second-order valence-electron chi connectivity index (χ2n) is 4.90. The van der Waals surface area contributed by atoms with Crippen molar-refractivity contribution in [3.05, 3.63) is 11.4 Å². The maximum atomic E-state index is 12.3. The van der Waals surface area contributed by atoms with Gasteiger partial charge >= 0.3 is 0 Å². The van der Waals surface area contributed by atoms with Crippen LogP contribution >= 0.6 is 0 Å². The van der Waals surface area contributed by atoms with Gasteiger partial charge < -0.3 is 5.11 Å². The van der Waals surface area contributed by atoms with Gasteiger partial charge in [-0.3, -0.25) is 5.10 Å². The summed E-state index contributed by atoms with van der Waals surface area (Å²) in [5.41, 5.74) is 1.01. The summed E-state index contributed by atoms with van der Waals surface area (Å²) in [5.74, 6) is 0. The van der Waals surface area contributed by atoms with E-state index in [0.29, 0.717) is 17.8 Å². The smallest absolute Gasteiger partial charge is 0.244 e. The molecule has 18 heavy (non-hydrogen) atoms. The van der Waals surface area contributed by atoms with Gasteiger partial charge in [0.05, 0.1) is 17.5 Å². The van der Waals surface area contributed by atoms with E-state index in [4.69, 9.17) is 0 Å². The first-order valence-electron chi connectivity index (χ1n) is 6.12. The Hall–Kier alpha value is -0.920. The summed E-state index contributed by atoms with van der Waals surface area (Å²) in [5, 5.41) is 16.1. The minimum atomic E-state index is -3.56. The molecule has 0 saturated heterocycles. The monoisotopic (exact) mass is 273 g/mol. The normalized spacial score (nSPS) is 25.3. The maximum absolute atomic E-state index is 12.3. The molecule has 2 unspecified atom stereocenters. The molecule has 1 aromatic heterocycles. The molecule has 3 N–H and O–H groups in total. The number of sulfonamides is 1. The van der Waals surface area contributed by atoms with E-state index in [9.17, 15) is 13.5 Å². The highest BCUT2D eigenvalue weighted by Gasteiger charge is 2.28. The van der Waals surface area contributed by atoms with Gasteiger partial charge in [-0.1, -0.05) is 0 Å². The van der Waals surface area contributed by atoms with Crippen molar-refractivity contribution in [3.8, 4) is 0 Å². The predicted octanol–water partition coefficient (Wildman–Crippen LogP) is 0.608. The van der Waals surface area contributed by atoms with Crippen molar-refractivity contribution >= 4 is 10.0 Å². The number of hydrogen-bond donors (Lipinski definition) is 3. The molecule has 1 saturated carbocycles. The van der Waals surface area contributed by atoms with Crippen LogP contribution in [0.2, 0.25) is 0 Å². The Balaban J connectivity index is 2.17. The molecule has 102 valence electrons. The molecule has 2 atom stereocenters. The highest BCUT2D eigenvalue weighted by Crippen LogP contribution is 2.22. The molecule has 1 aliphatic carbocycles. The Morgan fingerprint density at radius 3 is 2.67 bits per heavy atom. The summed E-state index contributed by atoms with van der Waals surface area (Å²) in [6, 6.07) is -0.188. The third kappa shape index (κ3) is 2.73. The fourth-order valence-corrected chi connectivity index (χ4v) is 4.14. The van der Waals surface area contributed by atoms with Crippen molar-refractivity contribution in [1.29, 1.82) is 0 Å². The lowest BCUT2D eigenvalue weighted by atomic mass is 9.94. The van der Waals surface area contributed by atoms with Crippen LogP contribution in [0.15, 0.2) is 4.90 Å². The van der Waals surface area contributed by atoms with Crippen LogP contribution in [-0.4, -0.2) is 35.9 Å². The van der Waals surface area contributed by atoms with Crippen LogP contribution < -0.4 is 4.72 Å². The molecule has 0 aromatic carbocycles. The van der Waals surface area contributed by atoms with Crippen molar-refractivity contribution in [1.82, 2.24) is 14.9 Å². The van der Waals surface area contributed by atoms with Crippen molar-refractivity contribution in [2.45, 2.75) is 56.6 Å². The quantitative estimate of drug-likeness (QED) is 0.752. The Bertz CT molecular complexity index is 504. The number of aliphatic hydroxyl groups excluding tert-OH is 1. The Kier molecular flexibility index (Phi) is 3.74. The molecule has 7 heteroatoms. The van der Waals surface area contributed by atoms with E-state index < -0.39 is 16.1 Å². The third-order valence-electron chi connectivity index (χ3n) is 3.30. The first-order chi connectivity index (χ1) is 8.40. The zero-order valence-corrected chi connectivity index (χ0v) is 11.4. The zero-order chi connectivity index (χ0) is 13.3. The third-order valence-corrected chi connectivity index (χ3v) is 5.08. The van der Waals surface area contributed by atoms with Crippen molar-refractivity contribution in [3.63, 3.8) is 0 Å². The average molecular weight is 273 g/mol. The van der Waals surface area contributed by atoms with E-state index in [1.165, 1.54) is 0 Å². The zero-order valence-electron chi connectivity index (χ0n) is 10.6. The summed E-state index contributed by atoms with van der Waals surface area (Å²) >= 11 is 0. The standard InChI is InChI=1S/C11H19N3O3S/c1-7-11(8(2)13-12-7)18(16,17)14-9-4-3-5-10(15)6-9/h9-10,14-15H,3-6H2,1-2H3,(H,12,13). The summed E-state index contributed by atoms with van der Waals surface area (Å²) in [6.07, 6.45) is 2.44. The minimum Gasteiger partial charge on any atom is -0.393 e. The van der Waals surface area contributed by atoms with Gasteiger partial charge in [0.15, 0.2) is 0 Å². The number of hydrogen-bond acceptors (Lipinski definition) is 4. The second kappa shape index (κ2) is 4.99. The molecule has 1 aromatic rings. The molecule has 1 aliphatic rings. The predicted molar refractivity (Wildman–Crippen MR) is 66.6 cm³/mol. The van der Waals surface area contributed by atoms with Crippen LogP contribution in [0.3, 0.4) is 0 Å². The number of aromatic nitrogens is 2. The van der Waals surface area contributed by atoms with Gasteiger partial charge in [0.1, 0.15) is 4.90 Å². The van der Waals surface area contributed by atoms with Crippen LogP contribution in [-0.2, 0) is 10.0 Å². The molecular formula is C11H19N3O3S.